The molecular formula is C30H33BrO5S. The van der Waals surface area contributed by atoms with Crippen molar-refractivity contribution >= 4 is 27.7 Å². The number of alkyl halides is 1. The zero-order valence-electron chi connectivity index (χ0n) is 20.9. The molecule has 3 aromatic carbocycles. The number of thioether (sulfide) groups is 1. The van der Waals surface area contributed by atoms with Crippen LogP contribution in [0.2, 0.25) is 0 Å². The highest BCUT2D eigenvalue weighted by Gasteiger charge is 2.51. The Morgan fingerprint density at radius 1 is 0.811 bits per heavy atom. The van der Waals surface area contributed by atoms with Gasteiger partial charge in [0.25, 0.3) is 0 Å². The molecule has 3 aromatic rings. The molecule has 6 unspecified atom stereocenters. The van der Waals surface area contributed by atoms with E-state index in [0.29, 0.717) is 19.8 Å². The molecular weight excluding hydrogens is 552 g/mol. The SMILES string of the molecule is CCSC1OC2COC(c3ccccc3)OC2C(OCc2cccc(CBr)c2)C1OCc1ccccc1. The van der Waals surface area contributed by atoms with Crippen LogP contribution in [-0.4, -0.2) is 42.2 Å². The van der Waals surface area contributed by atoms with E-state index in [9.17, 15) is 0 Å². The van der Waals surface area contributed by atoms with E-state index < -0.39 is 6.29 Å². The first kappa shape index (κ1) is 26.9. The van der Waals surface area contributed by atoms with Gasteiger partial charge in [0.1, 0.15) is 29.9 Å². The molecule has 0 aliphatic carbocycles. The van der Waals surface area contributed by atoms with Crippen LogP contribution < -0.4 is 0 Å². The first-order chi connectivity index (χ1) is 18.2. The minimum absolute atomic E-state index is 0.186. The Bertz CT molecular complexity index is 1100. The minimum atomic E-state index is -0.473. The van der Waals surface area contributed by atoms with Crippen LogP contribution in [-0.2, 0) is 42.2 Å². The lowest BCUT2D eigenvalue weighted by Gasteiger charge is -2.49. The van der Waals surface area contributed by atoms with Crippen LogP contribution >= 0.6 is 27.7 Å². The predicted molar refractivity (Wildman–Crippen MR) is 149 cm³/mol. The molecule has 7 heteroatoms. The smallest absolute Gasteiger partial charge is 0.184 e. The second-order valence-corrected chi connectivity index (χ2v) is 11.1. The first-order valence-electron chi connectivity index (χ1n) is 12.7. The summed E-state index contributed by atoms with van der Waals surface area (Å²) < 4.78 is 32.5. The Labute approximate surface area is 231 Å². The van der Waals surface area contributed by atoms with Gasteiger partial charge in [-0.15, -0.1) is 11.8 Å². The van der Waals surface area contributed by atoms with Crippen molar-refractivity contribution in [1.82, 2.24) is 0 Å². The van der Waals surface area contributed by atoms with Gasteiger partial charge < -0.3 is 23.7 Å². The number of rotatable bonds is 10. The summed E-state index contributed by atoms with van der Waals surface area (Å²) in [7, 11) is 0. The van der Waals surface area contributed by atoms with E-state index in [4.69, 9.17) is 23.7 Å². The van der Waals surface area contributed by atoms with Gasteiger partial charge >= 0.3 is 0 Å². The number of hydrogen-bond acceptors (Lipinski definition) is 6. The van der Waals surface area contributed by atoms with Crippen molar-refractivity contribution in [2.75, 3.05) is 12.4 Å². The molecule has 0 saturated carbocycles. The molecule has 5 nitrogen and oxygen atoms in total. The quantitative estimate of drug-likeness (QED) is 0.249. The third-order valence-electron chi connectivity index (χ3n) is 6.56. The maximum atomic E-state index is 6.69. The summed E-state index contributed by atoms with van der Waals surface area (Å²) in [6.45, 7) is 3.51. The number of hydrogen-bond donors (Lipinski definition) is 0. The van der Waals surface area contributed by atoms with E-state index in [1.807, 2.05) is 48.5 Å². The normalized spacial score (nSPS) is 27.5. The molecule has 6 atom stereocenters. The van der Waals surface area contributed by atoms with Gasteiger partial charge in [0.2, 0.25) is 0 Å². The number of halogens is 1. The lowest BCUT2D eigenvalue weighted by molar-refractivity contribution is -0.329. The summed E-state index contributed by atoms with van der Waals surface area (Å²) in [4.78, 5) is 0. The van der Waals surface area contributed by atoms with Gasteiger partial charge in [-0.2, -0.15) is 0 Å². The summed E-state index contributed by atoms with van der Waals surface area (Å²) >= 11 is 5.29. The average Bonchev–Trinajstić information content (AvgIpc) is 2.96. The van der Waals surface area contributed by atoms with Crippen LogP contribution in [0.5, 0.6) is 0 Å². The van der Waals surface area contributed by atoms with Gasteiger partial charge in [0.05, 0.1) is 19.8 Å². The van der Waals surface area contributed by atoms with Gasteiger partial charge in [0, 0.05) is 10.9 Å². The summed E-state index contributed by atoms with van der Waals surface area (Å²) in [5.41, 5.74) is 4.25. The summed E-state index contributed by atoms with van der Waals surface area (Å²) in [6.07, 6.45) is -1.67. The largest absolute Gasteiger partial charge is 0.368 e. The zero-order chi connectivity index (χ0) is 25.5. The highest BCUT2D eigenvalue weighted by Crippen LogP contribution is 2.39. The van der Waals surface area contributed by atoms with Crippen LogP contribution in [0.15, 0.2) is 84.9 Å². The van der Waals surface area contributed by atoms with E-state index in [1.54, 1.807) is 11.8 Å². The fourth-order valence-corrected chi connectivity index (χ4v) is 6.07. The van der Waals surface area contributed by atoms with Crippen molar-refractivity contribution in [3.8, 4) is 0 Å². The highest BCUT2D eigenvalue weighted by atomic mass is 79.9. The van der Waals surface area contributed by atoms with Crippen molar-refractivity contribution in [3.63, 3.8) is 0 Å². The van der Waals surface area contributed by atoms with Gasteiger partial charge in [-0.25, -0.2) is 0 Å². The summed E-state index contributed by atoms with van der Waals surface area (Å²) in [5.74, 6) is 0.904. The maximum Gasteiger partial charge on any atom is 0.184 e. The first-order valence-corrected chi connectivity index (χ1v) is 14.9. The molecule has 5 rings (SSSR count). The summed E-state index contributed by atoms with van der Waals surface area (Å²) in [5, 5.41) is 0.806. The number of fused-ring (bicyclic) bond motifs is 1. The zero-order valence-corrected chi connectivity index (χ0v) is 23.3. The molecule has 2 aliphatic rings. The fraction of sp³-hybridized carbons (Fsp3) is 0.400. The third-order valence-corrected chi connectivity index (χ3v) is 8.25. The fourth-order valence-electron chi connectivity index (χ4n) is 4.75. The Morgan fingerprint density at radius 2 is 1.49 bits per heavy atom. The van der Waals surface area contributed by atoms with Crippen molar-refractivity contribution in [2.24, 2.45) is 0 Å². The summed E-state index contributed by atoms with van der Waals surface area (Å²) in [6, 6.07) is 28.7. The van der Waals surface area contributed by atoms with Crippen LogP contribution in [0.4, 0.5) is 0 Å². The van der Waals surface area contributed by atoms with Crippen LogP contribution in [0.1, 0.15) is 35.5 Å². The van der Waals surface area contributed by atoms with Crippen molar-refractivity contribution in [1.29, 1.82) is 0 Å². The maximum absolute atomic E-state index is 6.69. The topological polar surface area (TPSA) is 46.2 Å². The van der Waals surface area contributed by atoms with Crippen molar-refractivity contribution in [3.05, 3.63) is 107 Å². The molecule has 2 fully saturated rings. The molecule has 0 spiro atoms. The Kier molecular flexibility index (Phi) is 9.72. The van der Waals surface area contributed by atoms with E-state index in [-0.39, 0.29) is 29.9 Å². The van der Waals surface area contributed by atoms with E-state index in [0.717, 1.165) is 27.8 Å². The van der Waals surface area contributed by atoms with Crippen molar-refractivity contribution in [2.45, 2.75) is 61.6 Å². The molecule has 0 aromatic heterocycles. The Morgan fingerprint density at radius 3 is 2.24 bits per heavy atom. The monoisotopic (exact) mass is 584 g/mol. The van der Waals surface area contributed by atoms with E-state index in [1.165, 1.54) is 5.56 Å². The van der Waals surface area contributed by atoms with E-state index >= 15 is 0 Å². The molecule has 37 heavy (non-hydrogen) atoms. The average molecular weight is 586 g/mol. The molecule has 0 bridgehead atoms. The second-order valence-electron chi connectivity index (χ2n) is 9.17. The number of ether oxygens (including phenoxy) is 5. The van der Waals surface area contributed by atoms with E-state index in [2.05, 4.69) is 59.3 Å². The van der Waals surface area contributed by atoms with Gasteiger partial charge in [-0.05, 0) is 22.4 Å². The van der Waals surface area contributed by atoms with Crippen LogP contribution in [0, 0.1) is 0 Å². The van der Waals surface area contributed by atoms with Crippen molar-refractivity contribution < 1.29 is 23.7 Å². The molecule has 196 valence electrons. The molecule has 2 aliphatic heterocycles. The molecule has 0 radical (unpaired) electrons. The van der Waals surface area contributed by atoms with Crippen LogP contribution in [0.25, 0.3) is 0 Å². The lowest BCUT2D eigenvalue weighted by atomic mass is 9.98. The molecule has 0 N–H and O–H groups in total. The Hall–Kier alpha value is -1.71. The van der Waals surface area contributed by atoms with Gasteiger partial charge in [-0.1, -0.05) is 108 Å². The molecule has 2 saturated heterocycles. The predicted octanol–water partition coefficient (Wildman–Crippen LogP) is 6.64. The van der Waals surface area contributed by atoms with Gasteiger partial charge in [0.15, 0.2) is 6.29 Å². The third kappa shape index (κ3) is 6.84. The standard InChI is InChI=1S/C30H33BrO5S/c1-2-37-30-28(33-18-21-10-5-3-6-11-21)27(32-19-23-13-9-12-22(16-23)17-31)26-25(35-30)20-34-29(36-26)24-14-7-4-8-15-24/h3-16,25-30H,2,17-20H2,1H3. The second kappa shape index (κ2) is 13.4. The number of benzene rings is 3. The van der Waals surface area contributed by atoms with Gasteiger partial charge in [-0.3, -0.25) is 0 Å². The molecule has 2 heterocycles. The minimum Gasteiger partial charge on any atom is -0.368 e. The Balaban J connectivity index is 1.40. The lowest BCUT2D eigenvalue weighted by Crippen LogP contribution is -2.62. The van der Waals surface area contributed by atoms with Crippen LogP contribution in [0.3, 0.4) is 0 Å². The highest BCUT2D eigenvalue weighted by molar-refractivity contribution is 9.08. The molecule has 0 amide bonds.